The lowest BCUT2D eigenvalue weighted by molar-refractivity contribution is 0.172. The molecule has 0 saturated carbocycles. The summed E-state index contributed by atoms with van der Waals surface area (Å²) in [7, 11) is 3.21. The molecule has 0 aliphatic heterocycles. The first-order chi connectivity index (χ1) is 9.85. The van der Waals surface area contributed by atoms with Crippen molar-refractivity contribution < 1.29 is 13.9 Å². The molecular formula is C17H16FNO2. The van der Waals surface area contributed by atoms with E-state index in [4.69, 9.17) is 11.2 Å². The van der Waals surface area contributed by atoms with E-state index in [1.807, 2.05) is 6.92 Å². The quantitative estimate of drug-likeness (QED) is 0.749. The molecular weight excluding hydrogens is 269 g/mol. The number of fused-ring (bicyclic) bond motifs is 1. The van der Waals surface area contributed by atoms with Crippen LogP contribution in [0, 0.1) is 32.0 Å². The summed E-state index contributed by atoms with van der Waals surface area (Å²) in [6.07, 6.45) is 4.95. The third-order valence-electron chi connectivity index (χ3n) is 3.28. The first-order valence-electron chi connectivity index (χ1n) is 6.44. The van der Waals surface area contributed by atoms with E-state index < -0.39 is 11.9 Å². The van der Waals surface area contributed by atoms with Crippen molar-refractivity contribution in [1.82, 2.24) is 4.90 Å². The molecule has 0 radical (unpaired) electrons. The Morgan fingerprint density at radius 2 is 1.90 bits per heavy atom. The SMILES string of the molecule is C#Cc1c(F)cc(C)c2cc(OC(=O)N(C)C)cc(C)c12. The summed E-state index contributed by atoms with van der Waals surface area (Å²) in [6, 6.07) is 4.79. The minimum absolute atomic E-state index is 0.235. The van der Waals surface area contributed by atoms with Crippen LogP contribution in [-0.2, 0) is 0 Å². The van der Waals surface area contributed by atoms with E-state index in [9.17, 15) is 9.18 Å². The number of aryl methyl sites for hydroxylation is 2. The second-order valence-electron chi connectivity index (χ2n) is 5.12. The number of benzene rings is 2. The molecule has 0 N–H and O–H groups in total. The average molecular weight is 285 g/mol. The molecule has 0 aliphatic carbocycles. The number of carbonyl (C=O) groups excluding carboxylic acids is 1. The number of hydrogen-bond donors (Lipinski definition) is 0. The maximum absolute atomic E-state index is 13.9. The molecule has 1 amide bonds. The Labute approximate surface area is 123 Å². The highest BCUT2D eigenvalue weighted by atomic mass is 19.1. The maximum atomic E-state index is 13.9. The molecule has 2 rings (SSSR count). The Kier molecular flexibility index (Phi) is 3.86. The van der Waals surface area contributed by atoms with Crippen molar-refractivity contribution >= 4 is 16.9 Å². The van der Waals surface area contributed by atoms with Crippen molar-refractivity contribution in [3.63, 3.8) is 0 Å². The summed E-state index contributed by atoms with van der Waals surface area (Å²) in [5.74, 6) is 2.39. The van der Waals surface area contributed by atoms with Gasteiger partial charge in [-0.25, -0.2) is 9.18 Å². The molecule has 4 heteroatoms. The fourth-order valence-electron chi connectivity index (χ4n) is 2.25. The van der Waals surface area contributed by atoms with E-state index in [1.165, 1.54) is 11.0 Å². The summed E-state index contributed by atoms with van der Waals surface area (Å²) in [5, 5.41) is 1.46. The average Bonchev–Trinajstić information content (AvgIpc) is 2.40. The molecule has 0 aromatic heterocycles. The van der Waals surface area contributed by atoms with Crippen LogP contribution in [0.4, 0.5) is 9.18 Å². The minimum atomic E-state index is -0.467. The monoisotopic (exact) mass is 285 g/mol. The molecule has 0 aliphatic rings. The number of rotatable bonds is 1. The second-order valence-corrected chi connectivity index (χ2v) is 5.12. The number of hydrogen-bond acceptors (Lipinski definition) is 2. The fraction of sp³-hybridized carbons (Fsp3) is 0.235. The molecule has 2 aromatic rings. The van der Waals surface area contributed by atoms with Gasteiger partial charge in [-0.15, -0.1) is 6.42 Å². The molecule has 0 atom stereocenters. The molecule has 0 fully saturated rings. The van der Waals surface area contributed by atoms with E-state index >= 15 is 0 Å². The molecule has 0 heterocycles. The summed E-state index contributed by atoms with van der Waals surface area (Å²) in [5.41, 5.74) is 1.75. The van der Waals surface area contributed by atoms with Gasteiger partial charge in [-0.1, -0.05) is 5.92 Å². The smallest absolute Gasteiger partial charge is 0.410 e. The van der Waals surface area contributed by atoms with Gasteiger partial charge in [0.1, 0.15) is 11.6 Å². The van der Waals surface area contributed by atoms with E-state index in [-0.39, 0.29) is 5.56 Å². The molecule has 0 spiro atoms. The normalized spacial score (nSPS) is 10.3. The fourth-order valence-corrected chi connectivity index (χ4v) is 2.25. The second kappa shape index (κ2) is 5.45. The Hall–Kier alpha value is -2.54. The van der Waals surface area contributed by atoms with Crippen molar-refractivity contribution in [1.29, 1.82) is 0 Å². The lowest BCUT2D eigenvalue weighted by Gasteiger charge is -2.14. The third kappa shape index (κ3) is 2.68. The van der Waals surface area contributed by atoms with Gasteiger partial charge < -0.3 is 9.64 Å². The van der Waals surface area contributed by atoms with Crippen molar-refractivity contribution in [3.05, 3.63) is 40.7 Å². The van der Waals surface area contributed by atoms with Crippen LogP contribution in [0.5, 0.6) is 5.75 Å². The zero-order valence-electron chi connectivity index (χ0n) is 12.5. The standard InChI is InChI=1S/C17H16FNO2/c1-6-13-15(18)8-10(2)14-9-12(7-11(3)16(13)14)21-17(20)19(4)5/h1,7-9H,2-5H3. The Morgan fingerprint density at radius 3 is 2.48 bits per heavy atom. The predicted molar refractivity (Wildman–Crippen MR) is 81.0 cm³/mol. The van der Waals surface area contributed by atoms with E-state index in [0.29, 0.717) is 11.1 Å². The molecule has 0 unspecified atom stereocenters. The zero-order valence-corrected chi connectivity index (χ0v) is 12.5. The largest absolute Gasteiger partial charge is 0.414 e. The van der Waals surface area contributed by atoms with Crippen molar-refractivity contribution in [2.24, 2.45) is 0 Å². The molecule has 2 aromatic carbocycles. The lowest BCUT2D eigenvalue weighted by Crippen LogP contribution is -2.25. The summed E-state index contributed by atoms with van der Waals surface area (Å²) < 4.78 is 19.2. The van der Waals surface area contributed by atoms with Gasteiger partial charge in [-0.05, 0) is 48.6 Å². The van der Waals surface area contributed by atoms with Crippen LogP contribution in [0.15, 0.2) is 18.2 Å². The molecule has 3 nitrogen and oxygen atoms in total. The number of amides is 1. The van der Waals surface area contributed by atoms with Gasteiger partial charge >= 0.3 is 6.09 Å². The predicted octanol–water partition coefficient (Wildman–Crippen LogP) is 3.64. The first-order valence-corrected chi connectivity index (χ1v) is 6.44. The van der Waals surface area contributed by atoms with Crippen LogP contribution >= 0.6 is 0 Å². The summed E-state index contributed by atoms with van der Waals surface area (Å²) in [4.78, 5) is 13.0. The Balaban J connectivity index is 2.67. The van der Waals surface area contributed by atoms with Crippen molar-refractivity contribution in [2.45, 2.75) is 13.8 Å². The Bertz CT molecular complexity index is 773. The van der Waals surface area contributed by atoms with Gasteiger partial charge in [0, 0.05) is 19.5 Å². The van der Waals surface area contributed by atoms with Gasteiger partial charge in [0.2, 0.25) is 0 Å². The number of halogens is 1. The van der Waals surface area contributed by atoms with Crippen molar-refractivity contribution in [2.75, 3.05) is 14.1 Å². The van der Waals surface area contributed by atoms with Crippen LogP contribution in [0.25, 0.3) is 10.8 Å². The lowest BCUT2D eigenvalue weighted by atomic mass is 9.96. The molecule has 108 valence electrons. The highest BCUT2D eigenvalue weighted by Gasteiger charge is 2.14. The minimum Gasteiger partial charge on any atom is -0.410 e. The van der Waals surface area contributed by atoms with E-state index in [1.54, 1.807) is 33.2 Å². The van der Waals surface area contributed by atoms with Crippen LogP contribution in [-0.4, -0.2) is 25.1 Å². The summed E-state index contributed by atoms with van der Waals surface area (Å²) >= 11 is 0. The van der Waals surface area contributed by atoms with Gasteiger partial charge in [-0.3, -0.25) is 0 Å². The topological polar surface area (TPSA) is 29.5 Å². The van der Waals surface area contributed by atoms with E-state index in [0.717, 1.165) is 16.5 Å². The highest BCUT2D eigenvalue weighted by molar-refractivity contribution is 5.95. The summed E-state index contributed by atoms with van der Waals surface area (Å²) in [6.45, 7) is 3.61. The van der Waals surface area contributed by atoms with Gasteiger partial charge in [0.25, 0.3) is 0 Å². The molecule has 0 bridgehead atoms. The van der Waals surface area contributed by atoms with Crippen molar-refractivity contribution in [3.8, 4) is 18.1 Å². The molecule has 0 saturated heterocycles. The van der Waals surface area contributed by atoms with Crippen LogP contribution < -0.4 is 4.74 Å². The maximum Gasteiger partial charge on any atom is 0.414 e. The number of terminal acetylenes is 1. The third-order valence-corrected chi connectivity index (χ3v) is 3.28. The van der Waals surface area contributed by atoms with Gasteiger partial charge in [0.15, 0.2) is 0 Å². The van der Waals surface area contributed by atoms with Crippen LogP contribution in [0.2, 0.25) is 0 Å². The number of carbonyl (C=O) groups is 1. The van der Waals surface area contributed by atoms with Gasteiger partial charge in [0.05, 0.1) is 5.56 Å². The Morgan fingerprint density at radius 1 is 1.24 bits per heavy atom. The van der Waals surface area contributed by atoms with E-state index in [2.05, 4.69) is 5.92 Å². The molecule has 21 heavy (non-hydrogen) atoms. The zero-order chi connectivity index (χ0) is 15.7. The number of nitrogens with zero attached hydrogens (tertiary/aromatic N) is 1. The number of ether oxygens (including phenoxy) is 1. The van der Waals surface area contributed by atoms with Crippen LogP contribution in [0.1, 0.15) is 16.7 Å². The highest BCUT2D eigenvalue weighted by Crippen LogP contribution is 2.31. The van der Waals surface area contributed by atoms with Crippen LogP contribution in [0.3, 0.4) is 0 Å². The first kappa shape index (κ1) is 14.9. The van der Waals surface area contributed by atoms with Gasteiger partial charge in [-0.2, -0.15) is 0 Å².